The van der Waals surface area contributed by atoms with E-state index < -0.39 is 0 Å². The van der Waals surface area contributed by atoms with E-state index in [0.29, 0.717) is 6.54 Å². The molecule has 0 rings (SSSR count). The molecule has 0 heterocycles. The quantitative estimate of drug-likeness (QED) is 0.656. The van der Waals surface area contributed by atoms with E-state index >= 15 is 0 Å². The highest BCUT2D eigenvalue weighted by Gasteiger charge is 2.14. The topological polar surface area (TPSA) is 55.1 Å². The largest absolute Gasteiger partial charge is 0.352 e. The molecule has 2 atom stereocenters. The lowest BCUT2D eigenvalue weighted by molar-refractivity contribution is -0.125. The second kappa shape index (κ2) is 6.89. The molecule has 13 heavy (non-hydrogen) atoms. The number of nitrogens with one attached hydrogen (secondary N) is 1. The molecule has 0 saturated carbocycles. The van der Waals surface area contributed by atoms with Crippen molar-refractivity contribution in [2.75, 3.05) is 6.54 Å². The standard InChI is InChI=1S/C10H22N2O/c1-4-6-8(3)10(13)12-9(5-2)7-11/h8-9H,4-7,11H2,1-3H3,(H,12,13). The van der Waals surface area contributed by atoms with Gasteiger partial charge in [-0.3, -0.25) is 4.79 Å². The highest BCUT2D eigenvalue weighted by molar-refractivity contribution is 5.78. The predicted octanol–water partition coefficient (Wildman–Crippen LogP) is 1.28. The van der Waals surface area contributed by atoms with Crippen molar-refractivity contribution in [3.05, 3.63) is 0 Å². The minimum absolute atomic E-state index is 0.116. The van der Waals surface area contributed by atoms with Gasteiger partial charge in [-0.15, -0.1) is 0 Å². The van der Waals surface area contributed by atoms with Crippen molar-refractivity contribution in [3.63, 3.8) is 0 Å². The molecule has 0 fully saturated rings. The van der Waals surface area contributed by atoms with Gasteiger partial charge in [0, 0.05) is 18.5 Å². The zero-order valence-electron chi connectivity index (χ0n) is 8.97. The lowest BCUT2D eigenvalue weighted by Crippen LogP contribution is -2.42. The first kappa shape index (κ1) is 12.4. The number of carbonyl (C=O) groups excluding carboxylic acids is 1. The van der Waals surface area contributed by atoms with E-state index in [9.17, 15) is 4.79 Å². The number of amides is 1. The monoisotopic (exact) mass is 186 g/mol. The molecule has 0 aliphatic carbocycles. The normalized spacial score (nSPS) is 15.1. The second-order valence-corrected chi connectivity index (χ2v) is 3.54. The van der Waals surface area contributed by atoms with Crippen LogP contribution in [-0.2, 0) is 4.79 Å². The van der Waals surface area contributed by atoms with Crippen molar-refractivity contribution in [2.24, 2.45) is 11.7 Å². The van der Waals surface area contributed by atoms with Crippen LogP contribution in [0.1, 0.15) is 40.0 Å². The molecule has 0 spiro atoms. The van der Waals surface area contributed by atoms with Gasteiger partial charge >= 0.3 is 0 Å². The van der Waals surface area contributed by atoms with Gasteiger partial charge in [0.05, 0.1) is 0 Å². The van der Waals surface area contributed by atoms with E-state index in [-0.39, 0.29) is 17.9 Å². The fourth-order valence-corrected chi connectivity index (χ4v) is 1.24. The Hall–Kier alpha value is -0.570. The average Bonchev–Trinajstić information content (AvgIpc) is 2.14. The Labute approximate surface area is 81.1 Å². The molecule has 1 amide bonds. The number of carbonyl (C=O) groups is 1. The molecule has 78 valence electrons. The van der Waals surface area contributed by atoms with Crippen molar-refractivity contribution in [1.29, 1.82) is 0 Å². The molecule has 2 unspecified atom stereocenters. The fourth-order valence-electron chi connectivity index (χ4n) is 1.24. The summed E-state index contributed by atoms with van der Waals surface area (Å²) >= 11 is 0. The van der Waals surface area contributed by atoms with E-state index in [1.807, 2.05) is 13.8 Å². The Morgan fingerprint density at radius 2 is 2.08 bits per heavy atom. The summed E-state index contributed by atoms with van der Waals surface area (Å²) in [5, 5.41) is 2.94. The van der Waals surface area contributed by atoms with E-state index in [1.54, 1.807) is 0 Å². The number of hydrogen-bond donors (Lipinski definition) is 2. The van der Waals surface area contributed by atoms with Crippen LogP contribution in [0.25, 0.3) is 0 Å². The SMILES string of the molecule is CCCC(C)C(=O)NC(CC)CN. The molecule has 3 nitrogen and oxygen atoms in total. The van der Waals surface area contributed by atoms with E-state index in [4.69, 9.17) is 5.73 Å². The fraction of sp³-hybridized carbons (Fsp3) is 0.900. The lowest BCUT2D eigenvalue weighted by Gasteiger charge is -2.17. The smallest absolute Gasteiger partial charge is 0.223 e. The summed E-state index contributed by atoms with van der Waals surface area (Å²) in [5.74, 6) is 0.254. The van der Waals surface area contributed by atoms with Crippen molar-refractivity contribution >= 4 is 5.91 Å². The first-order valence-electron chi connectivity index (χ1n) is 5.16. The van der Waals surface area contributed by atoms with Crippen LogP contribution in [0.15, 0.2) is 0 Å². The van der Waals surface area contributed by atoms with Crippen LogP contribution in [0, 0.1) is 5.92 Å². The molecule has 0 aromatic heterocycles. The Balaban J connectivity index is 3.83. The van der Waals surface area contributed by atoms with Crippen molar-refractivity contribution < 1.29 is 4.79 Å². The zero-order chi connectivity index (χ0) is 10.3. The van der Waals surface area contributed by atoms with Crippen LogP contribution in [0.3, 0.4) is 0 Å². The first-order chi connectivity index (χ1) is 6.15. The summed E-state index contributed by atoms with van der Waals surface area (Å²) in [6, 6.07) is 0.145. The van der Waals surface area contributed by atoms with Gasteiger partial charge in [-0.05, 0) is 12.8 Å². The summed E-state index contributed by atoms with van der Waals surface area (Å²) in [6.07, 6.45) is 2.90. The number of nitrogens with two attached hydrogens (primary N) is 1. The van der Waals surface area contributed by atoms with Crippen LogP contribution in [0.5, 0.6) is 0 Å². The Morgan fingerprint density at radius 1 is 1.46 bits per heavy atom. The number of hydrogen-bond acceptors (Lipinski definition) is 2. The summed E-state index contributed by atoms with van der Waals surface area (Å²) in [7, 11) is 0. The maximum absolute atomic E-state index is 11.5. The molecule has 0 aromatic carbocycles. The predicted molar refractivity (Wildman–Crippen MR) is 55.3 cm³/mol. The third-order valence-electron chi connectivity index (χ3n) is 2.29. The van der Waals surface area contributed by atoms with Crippen LogP contribution in [0.2, 0.25) is 0 Å². The molecule has 0 aromatic rings. The van der Waals surface area contributed by atoms with Gasteiger partial charge < -0.3 is 11.1 Å². The summed E-state index contributed by atoms with van der Waals surface area (Å²) < 4.78 is 0. The molecular weight excluding hydrogens is 164 g/mol. The molecular formula is C10H22N2O. The third kappa shape index (κ3) is 4.88. The van der Waals surface area contributed by atoms with Crippen LogP contribution in [0.4, 0.5) is 0 Å². The third-order valence-corrected chi connectivity index (χ3v) is 2.29. The molecule has 0 aliphatic rings. The molecule has 3 N–H and O–H groups in total. The summed E-state index contributed by atoms with van der Waals surface area (Å²) in [4.78, 5) is 11.5. The highest BCUT2D eigenvalue weighted by Crippen LogP contribution is 2.05. The van der Waals surface area contributed by atoms with Crippen LogP contribution in [-0.4, -0.2) is 18.5 Å². The van der Waals surface area contributed by atoms with Gasteiger partial charge in [0.1, 0.15) is 0 Å². The van der Waals surface area contributed by atoms with Gasteiger partial charge in [0.15, 0.2) is 0 Å². The van der Waals surface area contributed by atoms with Gasteiger partial charge in [0.25, 0.3) is 0 Å². The molecule has 0 radical (unpaired) electrons. The zero-order valence-corrected chi connectivity index (χ0v) is 8.97. The first-order valence-corrected chi connectivity index (χ1v) is 5.16. The van der Waals surface area contributed by atoms with Crippen molar-refractivity contribution in [3.8, 4) is 0 Å². The van der Waals surface area contributed by atoms with Crippen LogP contribution < -0.4 is 11.1 Å². The molecule has 3 heteroatoms. The van der Waals surface area contributed by atoms with Gasteiger partial charge in [-0.2, -0.15) is 0 Å². The van der Waals surface area contributed by atoms with Crippen molar-refractivity contribution in [1.82, 2.24) is 5.32 Å². The minimum Gasteiger partial charge on any atom is -0.352 e. The van der Waals surface area contributed by atoms with Crippen molar-refractivity contribution in [2.45, 2.75) is 46.1 Å². The number of rotatable bonds is 6. The maximum Gasteiger partial charge on any atom is 0.223 e. The van der Waals surface area contributed by atoms with Crippen LogP contribution >= 0.6 is 0 Å². The Kier molecular flexibility index (Phi) is 6.59. The van der Waals surface area contributed by atoms with E-state index in [1.165, 1.54) is 0 Å². The average molecular weight is 186 g/mol. The highest BCUT2D eigenvalue weighted by atomic mass is 16.1. The van der Waals surface area contributed by atoms with Gasteiger partial charge in [0.2, 0.25) is 5.91 Å². The Bertz CT molecular complexity index is 144. The van der Waals surface area contributed by atoms with Gasteiger partial charge in [-0.25, -0.2) is 0 Å². The molecule has 0 saturated heterocycles. The van der Waals surface area contributed by atoms with E-state index in [2.05, 4.69) is 12.2 Å². The Morgan fingerprint density at radius 3 is 2.46 bits per heavy atom. The summed E-state index contributed by atoms with van der Waals surface area (Å²) in [5.41, 5.74) is 5.49. The molecule has 0 aliphatic heterocycles. The van der Waals surface area contributed by atoms with Gasteiger partial charge in [-0.1, -0.05) is 27.2 Å². The lowest BCUT2D eigenvalue weighted by atomic mass is 10.0. The minimum atomic E-state index is 0.116. The van der Waals surface area contributed by atoms with E-state index in [0.717, 1.165) is 19.3 Å². The summed E-state index contributed by atoms with van der Waals surface area (Å²) in [6.45, 7) is 6.61. The maximum atomic E-state index is 11.5. The second-order valence-electron chi connectivity index (χ2n) is 3.54. The molecule has 0 bridgehead atoms.